The molecule has 0 saturated carbocycles. The zero-order chi connectivity index (χ0) is 16.0. The molecule has 2 saturated heterocycles. The molecule has 5 heteroatoms. The van der Waals surface area contributed by atoms with E-state index in [1.165, 1.54) is 18.4 Å². The van der Waals surface area contributed by atoms with E-state index in [4.69, 9.17) is 9.31 Å². The second-order valence-corrected chi connectivity index (χ2v) is 8.35. The lowest BCUT2D eigenvalue weighted by Crippen LogP contribution is -2.41. The molecule has 1 aromatic carbocycles. The topological polar surface area (TPSA) is 30.5 Å². The second kappa shape index (κ2) is 5.93. The molecule has 2 aliphatic heterocycles. The smallest absolute Gasteiger partial charge is 0.399 e. The van der Waals surface area contributed by atoms with Gasteiger partial charge in [-0.3, -0.25) is 0 Å². The number of nitrogens with one attached hydrogen (secondary N) is 1. The molecule has 22 heavy (non-hydrogen) atoms. The SMILES string of the molecule is CC1(C)OB(c2cc(Br)cc(C3CCNCC3)c2)OC1(C)C. The Kier molecular flexibility index (Phi) is 4.45. The Bertz CT molecular complexity index is 540. The summed E-state index contributed by atoms with van der Waals surface area (Å²) in [6.07, 6.45) is 2.39. The first-order valence-electron chi connectivity index (χ1n) is 8.15. The number of hydrogen-bond donors (Lipinski definition) is 1. The lowest BCUT2D eigenvalue weighted by molar-refractivity contribution is 0.00578. The van der Waals surface area contributed by atoms with Crippen LogP contribution in [0.15, 0.2) is 22.7 Å². The Balaban J connectivity index is 1.87. The first-order valence-corrected chi connectivity index (χ1v) is 8.94. The third kappa shape index (κ3) is 3.14. The van der Waals surface area contributed by atoms with E-state index < -0.39 is 0 Å². The predicted molar refractivity (Wildman–Crippen MR) is 94.7 cm³/mol. The molecule has 120 valence electrons. The van der Waals surface area contributed by atoms with E-state index >= 15 is 0 Å². The van der Waals surface area contributed by atoms with Crippen molar-refractivity contribution in [3.63, 3.8) is 0 Å². The van der Waals surface area contributed by atoms with Crippen LogP contribution < -0.4 is 10.8 Å². The lowest BCUT2D eigenvalue weighted by atomic mass is 9.76. The molecule has 3 rings (SSSR count). The maximum absolute atomic E-state index is 6.19. The average Bonchev–Trinajstić information content (AvgIpc) is 2.68. The predicted octanol–water partition coefficient (Wildman–Crippen LogP) is 3.22. The highest BCUT2D eigenvalue weighted by Crippen LogP contribution is 2.37. The largest absolute Gasteiger partial charge is 0.494 e. The number of halogens is 1. The first kappa shape index (κ1) is 16.5. The summed E-state index contributed by atoms with van der Waals surface area (Å²) in [4.78, 5) is 0. The van der Waals surface area contributed by atoms with Crippen molar-refractivity contribution in [1.82, 2.24) is 5.32 Å². The molecule has 0 radical (unpaired) electrons. The van der Waals surface area contributed by atoms with Crippen molar-refractivity contribution in [2.24, 2.45) is 0 Å². The summed E-state index contributed by atoms with van der Waals surface area (Å²) in [5, 5.41) is 3.43. The van der Waals surface area contributed by atoms with Gasteiger partial charge in [0.05, 0.1) is 11.2 Å². The highest BCUT2D eigenvalue weighted by molar-refractivity contribution is 9.10. The summed E-state index contributed by atoms with van der Waals surface area (Å²) < 4.78 is 13.5. The molecule has 2 fully saturated rings. The van der Waals surface area contributed by atoms with Gasteiger partial charge in [-0.15, -0.1) is 0 Å². The van der Waals surface area contributed by atoms with Gasteiger partial charge in [0.1, 0.15) is 0 Å². The molecule has 1 N–H and O–H groups in total. The van der Waals surface area contributed by atoms with Crippen LogP contribution in [0.3, 0.4) is 0 Å². The zero-order valence-electron chi connectivity index (χ0n) is 13.9. The van der Waals surface area contributed by atoms with E-state index in [9.17, 15) is 0 Å². The lowest BCUT2D eigenvalue weighted by Gasteiger charge is -2.32. The van der Waals surface area contributed by atoms with Crippen LogP contribution in [0.5, 0.6) is 0 Å². The van der Waals surface area contributed by atoms with E-state index in [1.807, 2.05) is 0 Å². The second-order valence-electron chi connectivity index (χ2n) is 7.43. The summed E-state index contributed by atoms with van der Waals surface area (Å²) in [6.45, 7) is 10.6. The Hall–Kier alpha value is -0.355. The van der Waals surface area contributed by atoms with Gasteiger partial charge in [-0.2, -0.15) is 0 Å². The number of piperidine rings is 1. The van der Waals surface area contributed by atoms with Crippen molar-refractivity contribution in [1.29, 1.82) is 0 Å². The zero-order valence-corrected chi connectivity index (χ0v) is 15.5. The standard InChI is InChI=1S/C17H25BBrNO2/c1-16(2)17(3,4)22-18(21-16)14-9-13(10-15(19)11-14)12-5-7-20-8-6-12/h9-12,20H,5-8H2,1-4H3. The van der Waals surface area contributed by atoms with E-state index in [0.717, 1.165) is 23.0 Å². The van der Waals surface area contributed by atoms with Gasteiger partial charge < -0.3 is 14.6 Å². The van der Waals surface area contributed by atoms with Gasteiger partial charge >= 0.3 is 7.12 Å². The Labute approximate surface area is 142 Å². The van der Waals surface area contributed by atoms with Crippen LogP contribution in [-0.2, 0) is 9.31 Å². The fraction of sp³-hybridized carbons (Fsp3) is 0.647. The molecule has 0 atom stereocenters. The normalized spacial score (nSPS) is 24.7. The van der Waals surface area contributed by atoms with Gasteiger partial charge in [-0.25, -0.2) is 0 Å². The van der Waals surface area contributed by atoms with Crippen molar-refractivity contribution >= 4 is 28.5 Å². The number of hydrogen-bond acceptors (Lipinski definition) is 3. The van der Waals surface area contributed by atoms with Crippen molar-refractivity contribution in [2.75, 3.05) is 13.1 Å². The fourth-order valence-corrected chi connectivity index (χ4v) is 3.67. The van der Waals surface area contributed by atoms with E-state index in [-0.39, 0.29) is 18.3 Å². The molecule has 2 heterocycles. The van der Waals surface area contributed by atoms with E-state index in [1.54, 1.807) is 0 Å². The van der Waals surface area contributed by atoms with Crippen molar-refractivity contribution in [2.45, 2.75) is 57.7 Å². The minimum absolute atomic E-state index is 0.289. The molecule has 3 nitrogen and oxygen atoms in total. The summed E-state index contributed by atoms with van der Waals surface area (Å²) in [5.74, 6) is 0.625. The molecular formula is C17H25BBrNO2. The quantitative estimate of drug-likeness (QED) is 0.816. The first-order chi connectivity index (χ1) is 10.3. The van der Waals surface area contributed by atoms with Gasteiger partial charge in [0.2, 0.25) is 0 Å². The third-order valence-corrected chi connectivity index (χ3v) is 5.74. The molecular weight excluding hydrogens is 341 g/mol. The van der Waals surface area contributed by atoms with Crippen LogP contribution >= 0.6 is 15.9 Å². The van der Waals surface area contributed by atoms with Crippen LogP contribution in [0.2, 0.25) is 0 Å². The van der Waals surface area contributed by atoms with Gasteiger partial charge in [0.25, 0.3) is 0 Å². The molecule has 0 spiro atoms. The molecule has 0 bridgehead atoms. The highest BCUT2D eigenvalue weighted by atomic mass is 79.9. The Morgan fingerprint density at radius 1 is 1.05 bits per heavy atom. The molecule has 1 aromatic rings. The maximum Gasteiger partial charge on any atom is 0.494 e. The van der Waals surface area contributed by atoms with Gasteiger partial charge in [0.15, 0.2) is 0 Å². The number of benzene rings is 1. The van der Waals surface area contributed by atoms with Crippen LogP contribution in [-0.4, -0.2) is 31.4 Å². The minimum Gasteiger partial charge on any atom is -0.399 e. The highest BCUT2D eigenvalue weighted by Gasteiger charge is 2.51. The molecule has 0 amide bonds. The van der Waals surface area contributed by atoms with Crippen LogP contribution in [0, 0.1) is 0 Å². The molecule has 0 aliphatic carbocycles. The Morgan fingerprint density at radius 2 is 1.64 bits per heavy atom. The van der Waals surface area contributed by atoms with Gasteiger partial charge in [0, 0.05) is 4.47 Å². The summed E-state index contributed by atoms with van der Waals surface area (Å²) in [5.41, 5.74) is 1.91. The molecule has 0 unspecified atom stereocenters. The maximum atomic E-state index is 6.19. The van der Waals surface area contributed by atoms with Crippen LogP contribution in [0.1, 0.15) is 52.0 Å². The summed E-state index contributed by atoms with van der Waals surface area (Å²) in [6, 6.07) is 6.63. The number of rotatable bonds is 2. The molecule has 2 aliphatic rings. The summed E-state index contributed by atoms with van der Waals surface area (Å²) in [7, 11) is -0.289. The van der Waals surface area contributed by atoms with Gasteiger partial charge in [-0.05, 0) is 82.7 Å². The van der Waals surface area contributed by atoms with Crippen LogP contribution in [0.25, 0.3) is 0 Å². The average molecular weight is 366 g/mol. The fourth-order valence-electron chi connectivity index (χ4n) is 3.14. The Morgan fingerprint density at radius 3 is 2.23 bits per heavy atom. The molecule has 0 aromatic heterocycles. The summed E-state index contributed by atoms with van der Waals surface area (Å²) >= 11 is 3.66. The van der Waals surface area contributed by atoms with Crippen LogP contribution in [0.4, 0.5) is 0 Å². The monoisotopic (exact) mass is 365 g/mol. The minimum atomic E-state index is -0.297. The van der Waals surface area contributed by atoms with Crippen molar-refractivity contribution < 1.29 is 9.31 Å². The van der Waals surface area contributed by atoms with E-state index in [0.29, 0.717) is 5.92 Å². The third-order valence-electron chi connectivity index (χ3n) is 5.28. The van der Waals surface area contributed by atoms with E-state index in [2.05, 4.69) is 67.1 Å². The van der Waals surface area contributed by atoms with Crippen molar-refractivity contribution in [3.05, 3.63) is 28.2 Å². The van der Waals surface area contributed by atoms with Crippen molar-refractivity contribution in [3.8, 4) is 0 Å². The van der Waals surface area contributed by atoms with Gasteiger partial charge in [-0.1, -0.05) is 22.0 Å².